The third-order valence-electron chi connectivity index (χ3n) is 3.26. The summed E-state index contributed by atoms with van der Waals surface area (Å²) < 4.78 is 29.5. The Labute approximate surface area is 92.2 Å². The first-order chi connectivity index (χ1) is 7.01. The van der Waals surface area contributed by atoms with E-state index >= 15 is 0 Å². The van der Waals surface area contributed by atoms with Gasteiger partial charge in [-0.1, -0.05) is 26.2 Å². The van der Waals surface area contributed by atoms with Crippen molar-refractivity contribution in [2.45, 2.75) is 39.0 Å². The van der Waals surface area contributed by atoms with E-state index in [0.717, 1.165) is 5.92 Å². The smallest absolute Gasteiger partial charge is 0.278 e. The van der Waals surface area contributed by atoms with E-state index in [-0.39, 0.29) is 5.88 Å². The van der Waals surface area contributed by atoms with Crippen molar-refractivity contribution >= 4 is 10.1 Å². The van der Waals surface area contributed by atoms with Crippen LogP contribution in [0.1, 0.15) is 39.0 Å². The van der Waals surface area contributed by atoms with Crippen molar-refractivity contribution in [1.29, 1.82) is 0 Å². The van der Waals surface area contributed by atoms with Gasteiger partial charge in [-0.15, -0.1) is 0 Å². The van der Waals surface area contributed by atoms with E-state index in [0.29, 0.717) is 12.5 Å². The zero-order valence-electron chi connectivity index (χ0n) is 9.28. The summed E-state index contributed by atoms with van der Waals surface area (Å²) in [6, 6.07) is 0. The fraction of sp³-hybridized carbons (Fsp3) is 1.00. The third-order valence-corrected chi connectivity index (χ3v) is 3.83. The Hall–Kier alpha value is -0.130. The maximum Gasteiger partial charge on any atom is 0.278 e. The maximum absolute atomic E-state index is 10.5. The molecule has 1 aliphatic rings. The van der Waals surface area contributed by atoms with Crippen LogP contribution in [0.2, 0.25) is 0 Å². The fourth-order valence-corrected chi connectivity index (χ4v) is 2.61. The lowest BCUT2D eigenvalue weighted by Crippen LogP contribution is -2.30. The third kappa shape index (κ3) is 5.49. The van der Waals surface area contributed by atoms with Gasteiger partial charge in [0.25, 0.3) is 10.1 Å². The molecule has 0 aromatic rings. The molecular weight excluding hydrogens is 214 g/mol. The second kappa shape index (κ2) is 5.82. The van der Waals surface area contributed by atoms with Crippen LogP contribution in [-0.4, -0.2) is 25.4 Å². The standard InChI is InChI=1S/C10H21NO3S/c1-2-9-3-5-10(6-4-9)7-11-8-15(12,13)14/h9-11H,2-8H2,1H3,(H,12,13,14). The minimum atomic E-state index is -3.85. The minimum absolute atomic E-state index is 0.319. The molecule has 1 aliphatic carbocycles. The predicted molar refractivity (Wildman–Crippen MR) is 60.2 cm³/mol. The van der Waals surface area contributed by atoms with Crippen LogP contribution >= 0.6 is 0 Å². The average molecular weight is 235 g/mol. The summed E-state index contributed by atoms with van der Waals surface area (Å²) in [5, 5.41) is 2.79. The van der Waals surface area contributed by atoms with Crippen LogP contribution in [0.4, 0.5) is 0 Å². The molecule has 90 valence electrons. The highest BCUT2D eigenvalue weighted by atomic mass is 32.2. The molecule has 0 bridgehead atoms. The summed E-state index contributed by atoms with van der Waals surface area (Å²) in [7, 11) is -3.85. The normalized spacial score (nSPS) is 27.9. The summed E-state index contributed by atoms with van der Waals surface area (Å²) >= 11 is 0. The van der Waals surface area contributed by atoms with Crippen LogP contribution < -0.4 is 5.32 Å². The van der Waals surface area contributed by atoms with Gasteiger partial charge in [0.15, 0.2) is 0 Å². The summed E-state index contributed by atoms with van der Waals surface area (Å²) in [5.41, 5.74) is 0. The van der Waals surface area contributed by atoms with Gasteiger partial charge in [-0.3, -0.25) is 4.55 Å². The molecule has 0 amide bonds. The van der Waals surface area contributed by atoms with Crippen LogP contribution in [0.3, 0.4) is 0 Å². The Kier molecular flexibility index (Phi) is 5.02. The Bertz CT molecular complexity index is 268. The number of nitrogens with one attached hydrogen (secondary N) is 1. The zero-order valence-corrected chi connectivity index (χ0v) is 10.1. The molecule has 15 heavy (non-hydrogen) atoms. The molecule has 0 aromatic carbocycles. The summed E-state index contributed by atoms with van der Waals surface area (Å²) in [6.07, 6.45) is 6.13. The van der Waals surface area contributed by atoms with Crippen molar-refractivity contribution in [3.8, 4) is 0 Å². The Morgan fingerprint density at radius 2 is 1.73 bits per heavy atom. The topological polar surface area (TPSA) is 66.4 Å². The number of hydrogen-bond acceptors (Lipinski definition) is 3. The second-order valence-corrected chi connectivity index (χ2v) is 5.93. The van der Waals surface area contributed by atoms with Crippen molar-refractivity contribution in [3.05, 3.63) is 0 Å². The van der Waals surface area contributed by atoms with Crippen molar-refractivity contribution in [2.24, 2.45) is 11.8 Å². The lowest BCUT2D eigenvalue weighted by molar-refractivity contribution is 0.265. The highest BCUT2D eigenvalue weighted by Crippen LogP contribution is 2.29. The molecule has 2 N–H and O–H groups in total. The van der Waals surface area contributed by atoms with Crippen molar-refractivity contribution < 1.29 is 13.0 Å². The first-order valence-corrected chi connectivity index (χ1v) is 7.28. The Morgan fingerprint density at radius 1 is 1.20 bits per heavy atom. The average Bonchev–Trinajstić information content (AvgIpc) is 2.17. The van der Waals surface area contributed by atoms with Crippen LogP contribution in [0.25, 0.3) is 0 Å². The quantitative estimate of drug-likeness (QED) is 0.711. The fourth-order valence-electron chi connectivity index (χ4n) is 2.24. The van der Waals surface area contributed by atoms with Gasteiger partial charge in [0.1, 0.15) is 5.88 Å². The molecule has 5 heteroatoms. The lowest BCUT2D eigenvalue weighted by Gasteiger charge is -2.27. The zero-order chi connectivity index (χ0) is 11.3. The van der Waals surface area contributed by atoms with E-state index in [9.17, 15) is 8.42 Å². The molecule has 0 heterocycles. The lowest BCUT2D eigenvalue weighted by atomic mass is 9.81. The first kappa shape index (κ1) is 12.9. The SMILES string of the molecule is CCC1CCC(CNCS(=O)(=O)O)CC1. The highest BCUT2D eigenvalue weighted by Gasteiger charge is 2.19. The van der Waals surface area contributed by atoms with Gasteiger partial charge >= 0.3 is 0 Å². The molecule has 0 aliphatic heterocycles. The van der Waals surface area contributed by atoms with Gasteiger partial charge in [0.05, 0.1) is 0 Å². The van der Waals surface area contributed by atoms with Crippen molar-refractivity contribution in [3.63, 3.8) is 0 Å². The highest BCUT2D eigenvalue weighted by molar-refractivity contribution is 7.85. The van der Waals surface area contributed by atoms with Gasteiger partial charge in [-0.05, 0) is 31.2 Å². The summed E-state index contributed by atoms with van der Waals surface area (Å²) in [5.74, 6) is 1.12. The molecule has 4 nitrogen and oxygen atoms in total. The van der Waals surface area contributed by atoms with E-state index in [2.05, 4.69) is 12.2 Å². The van der Waals surface area contributed by atoms with Crippen molar-refractivity contribution in [1.82, 2.24) is 5.32 Å². The molecule has 1 fully saturated rings. The molecule has 0 spiro atoms. The first-order valence-electron chi connectivity index (χ1n) is 5.67. The summed E-state index contributed by atoms with van der Waals surface area (Å²) in [6.45, 7) is 2.93. The van der Waals surface area contributed by atoms with E-state index in [4.69, 9.17) is 4.55 Å². The monoisotopic (exact) mass is 235 g/mol. The molecule has 0 saturated heterocycles. The van der Waals surface area contributed by atoms with Crippen LogP contribution in [0.15, 0.2) is 0 Å². The van der Waals surface area contributed by atoms with Gasteiger partial charge in [-0.2, -0.15) is 8.42 Å². The van der Waals surface area contributed by atoms with Gasteiger partial charge in [-0.25, -0.2) is 0 Å². The van der Waals surface area contributed by atoms with Crippen LogP contribution in [-0.2, 0) is 10.1 Å². The Balaban J connectivity index is 2.14. The minimum Gasteiger partial charge on any atom is -0.301 e. The maximum atomic E-state index is 10.5. The van der Waals surface area contributed by atoms with Crippen LogP contribution in [0, 0.1) is 11.8 Å². The molecule has 0 atom stereocenters. The second-order valence-electron chi connectivity index (χ2n) is 4.48. The van der Waals surface area contributed by atoms with E-state index in [1.54, 1.807) is 0 Å². The largest absolute Gasteiger partial charge is 0.301 e. The van der Waals surface area contributed by atoms with E-state index < -0.39 is 10.1 Å². The Morgan fingerprint density at radius 3 is 2.20 bits per heavy atom. The van der Waals surface area contributed by atoms with Gasteiger partial charge in [0.2, 0.25) is 0 Å². The van der Waals surface area contributed by atoms with E-state index in [1.807, 2.05) is 0 Å². The summed E-state index contributed by atoms with van der Waals surface area (Å²) in [4.78, 5) is 0. The molecule has 0 radical (unpaired) electrons. The van der Waals surface area contributed by atoms with Gasteiger partial charge in [0, 0.05) is 0 Å². The predicted octanol–water partition coefficient (Wildman–Crippen LogP) is 1.64. The van der Waals surface area contributed by atoms with Crippen molar-refractivity contribution in [2.75, 3.05) is 12.4 Å². The van der Waals surface area contributed by atoms with Gasteiger partial charge < -0.3 is 5.32 Å². The molecule has 1 saturated carbocycles. The van der Waals surface area contributed by atoms with Crippen LogP contribution in [0.5, 0.6) is 0 Å². The molecule has 0 unspecified atom stereocenters. The number of hydrogen-bond donors (Lipinski definition) is 2. The molecular formula is C10H21NO3S. The number of rotatable bonds is 5. The molecule has 1 rings (SSSR count). The molecule has 0 aromatic heterocycles. The van der Waals surface area contributed by atoms with E-state index in [1.165, 1.54) is 32.1 Å².